The molecular weight excluding hydrogens is 396 g/mol. The lowest BCUT2D eigenvalue weighted by Crippen LogP contribution is -2.17. The molecule has 148 valence electrons. The van der Waals surface area contributed by atoms with E-state index in [-0.39, 0.29) is 17.0 Å². The molecule has 0 unspecified atom stereocenters. The van der Waals surface area contributed by atoms with Gasteiger partial charge in [0.25, 0.3) is 11.6 Å². The first kappa shape index (κ1) is 18.8. The van der Waals surface area contributed by atoms with E-state index < -0.39 is 21.6 Å². The number of hydrogen-bond donors (Lipinski definition) is 1. The number of amides is 1. The first-order valence-corrected chi connectivity index (χ1v) is 10.1. The molecule has 0 fully saturated rings. The Morgan fingerprint density at radius 2 is 1.93 bits per heavy atom. The largest absolute Gasteiger partial charge is 0.497 e. The lowest BCUT2D eigenvalue weighted by Gasteiger charge is -2.11. The number of rotatable bonds is 5. The van der Waals surface area contributed by atoms with Crippen LogP contribution in [0.4, 0.5) is 11.5 Å². The monoisotopic (exact) mass is 412 g/mol. The fourth-order valence-corrected chi connectivity index (χ4v) is 4.43. The van der Waals surface area contributed by atoms with Crippen LogP contribution in [0.25, 0.3) is 5.69 Å². The molecule has 0 aliphatic carbocycles. The Morgan fingerprint density at radius 1 is 1.21 bits per heavy atom. The zero-order chi connectivity index (χ0) is 20.5. The molecule has 29 heavy (non-hydrogen) atoms. The molecular formula is C19H16N4O5S. The number of nitro groups is 1. The van der Waals surface area contributed by atoms with Crippen LogP contribution in [-0.4, -0.2) is 31.9 Å². The van der Waals surface area contributed by atoms with Gasteiger partial charge in [-0.1, -0.05) is 12.1 Å². The number of benzene rings is 2. The number of hydrogen-bond acceptors (Lipinski definition) is 6. The third kappa shape index (κ3) is 3.49. The molecule has 1 amide bonds. The van der Waals surface area contributed by atoms with Crippen molar-refractivity contribution in [2.75, 3.05) is 12.4 Å². The van der Waals surface area contributed by atoms with Crippen LogP contribution in [0.1, 0.15) is 21.6 Å². The second-order valence-corrected chi connectivity index (χ2v) is 7.80. The molecule has 0 radical (unpaired) electrons. The van der Waals surface area contributed by atoms with Gasteiger partial charge in [0.05, 0.1) is 34.9 Å². The van der Waals surface area contributed by atoms with E-state index in [4.69, 9.17) is 4.74 Å². The fourth-order valence-electron chi connectivity index (χ4n) is 3.17. The number of fused-ring (bicyclic) bond motifs is 1. The van der Waals surface area contributed by atoms with Gasteiger partial charge >= 0.3 is 0 Å². The van der Waals surface area contributed by atoms with Gasteiger partial charge in [-0.2, -0.15) is 5.10 Å². The summed E-state index contributed by atoms with van der Waals surface area (Å²) in [5.41, 5.74) is 1.63. The highest BCUT2D eigenvalue weighted by molar-refractivity contribution is 7.83. The standard InChI is InChI=1S/C19H16N4O5S/c1-28-13-8-6-12(7-9-13)22-18(15-10-29(27)11-16(15)21-22)20-19(24)14-4-2-3-5-17(14)23(25)26/h2-9H,10-11H2,1H3,(H,20,24)/t29-/m0/s1. The minimum absolute atomic E-state index is 0.0622. The van der Waals surface area contributed by atoms with Gasteiger partial charge in [-0.25, -0.2) is 4.68 Å². The smallest absolute Gasteiger partial charge is 0.282 e. The van der Waals surface area contributed by atoms with Gasteiger partial charge in [0.15, 0.2) is 0 Å². The van der Waals surface area contributed by atoms with Crippen LogP contribution < -0.4 is 10.1 Å². The summed E-state index contributed by atoms with van der Waals surface area (Å²) >= 11 is 0. The van der Waals surface area contributed by atoms with Crippen LogP contribution in [-0.2, 0) is 22.3 Å². The molecule has 10 heteroatoms. The van der Waals surface area contributed by atoms with Gasteiger partial charge < -0.3 is 10.1 Å². The zero-order valence-electron chi connectivity index (χ0n) is 15.3. The lowest BCUT2D eigenvalue weighted by atomic mass is 10.1. The first-order valence-electron chi connectivity index (χ1n) is 8.63. The summed E-state index contributed by atoms with van der Waals surface area (Å²) in [5.74, 6) is 0.955. The van der Waals surface area contributed by atoms with Gasteiger partial charge in [-0.3, -0.25) is 19.1 Å². The van der Waals surface area contributed by atoms with E-state index in [0.29, 0.717) is 34.3 Å². The molecule has 0 spiro atoms. The Kier molecular flexibility index (Phi) is 4.85. The van der Waals surface area contributed by atoms with Crippen molar-refractivity contribution in [2.24, 2.45) is 0 Å². The SMILES string of the molecule is COc1ccc(-n2nc3c(c2NC(=O)c2ccccc2[N+](=O)[O-])C[S@](=O)C3)cc1. The van der Waals surface area contributed by atoms with Gasteiger partial charge in [-0.05, 0) is 30.3 Å². The molecule has 4 rings (SSSR count). The van der Waals surface area contributed by atoms with E-state index in [0.717, 1.165) is 0 Å². The van der Waals surface area contributed by atoms with Crippen LogP contribution in [0.5, 0.6) is 5.75 Å². The summed E-state index contributed by atoms with van der Waals surface area (Å²) in [7, 11) is 0.466. The molecule has 0 bridgehead atoms. The maximum atomic E-state index is 12.9. The molecule has 1 aliphatic rings. The van der Waals surface area contributed by atoms with Crippen LogP contribution in [0, 0.1) is 10.1 Å². The van der Waals surface area contributed by atoms with E-state index in [1.807, 2.05) is 0 Å². The maximum Gasteiger partial charge on any atom is 0.282 e. The average molecular weight is 412 g/mol. The summed E-state index contributed by atoms with van der Waals surface area (Å²) in [5, 5.41) is 18.5. The quantitative estimate of drug-likeness (QED) is 0.509. The normalized spacial score (nSPS) is 15.0. The number of ether oxygens (including phenoxy) is 1. The van der Waals surface area contributed by atoms with Crippen LogP contribution in [0.15, 0.2) is 48.5 Å². The maximum absolute atomic E-state index is 12.9. The van der Waals surface area contributed by atoms with E-state index in [1.165, 1.54) is 18.2 Å². The van der Waals surface area contributed by atoms with Crippen LogP contribution in [0.3, 0.4) is 0 Å². The number of carbonyl (C=O) groups excluding carboxylic acids is 1. The second kappa shape index (κ2) is 7.47. The zero-order valence-corrected chi connectivity index (χ0v) is 16.1. The predicted octanol–water partition coefficient (Wildman–Crippen LogP) is 2.80. The van der Waals surface area contributed by atoms with Gasteiger partial charge in [0, 0.05) is 22.4 Å². The van der Waals surface area contributed by atoms with Gasteiger partial charge in [0.1, 0.15) is 17.1 Å². The molecule has 1 atom stereocenters. The first-order chi connectivity index (χ1) is 14.0. The van der Waals surface area contributed by atoms with Crippen molar-refractivity contribution < 1.29 is 18.7 Å². The van der Waals surface area contributed by atoms with E-state index in [1.54, 1.807) is 42.1 Å². The fraction of sp³-hybridized carbons (Fsp3) is 0.158. The third-order valence-corrected chi connectivity index (χ3v) is 5.77. The minimum atomic E-state index is -1.09. The second-order valence-electron chi connectivity index (χ2n) is 6.34. The highest BCUT2D eigenvalue weighted by atomic mass is 32.2. The molecule has 2 aromatic carbocycles. The number of methoxy groups -OCH3 is 1. The van der Waals surface area contributed by atoms with Crippen molar-refractivity contribution in [1.82, 2.24) is 9.78 Å². The Labute approximate surface area is 167 Å². The summed E-state index contributed by atoms with van der Waals surface area (Å²) < 4.78 is 18.7. The molecule has 2 heterocycles. The van der Waals surface area contributed by atoms with Crippen molar-refractivity contribution in [1.29, 1.82) is 0 Å². The number of nitrogens with zero attached hydrogens (tertiary/aromatic N) is 3. The van der Waals surface area contributed by atoms with Crippen molar-refractivity contribution >= 4 is 28.2 Å². The molecule has 9 nitrogen and oxygen atoms in total. The Bertz CT molecular complexity index is 1140. The summed E-state index contributed by atoms with van der Waals surface area (Å²) in [6.07, 6.45) is 0. The number of carbonyl (C=O) groups is 1. The number of aromatic nitrogens is 2. The predicted molar refractivity (Wildman–Crippen MR) is 107 cm³/mol. The average Bonchev–Trinajstić information content (AvgIpc) is 3.25. The van der Waals surface area contributed by atoms with Crippen molar-refractivity contribution in [3.8, 4) is 11.4 Å². The highest BCUT2D eigenvalue weighted by Gasteiger charge is 2.29. The number of anilines is 1. The van der Waals surface area contributed by atoms with Crippen LogP contribution in [0.2, 0.25) is 0 Å². The molecule has 3 aromatic rings. The summed E-state index contributed by atoms with van der Waals surface area (Å²) in [6.45, 7) is 0. The van der Waals surface area contributed by atoms with Gasteiger partial charge in [-0.15, -0.1) is 0 Å². The van der Waals surface area contributed by atoms with Crippen LogP contribution >= 0.6 is 0 Å². The lowest BCUT2D eigenvalue weighted by molar-refractivity contribution is -0.385. The topological polar surface area (TPSA) is 116 Å². The van der Waals surface area contributed by atoms with E-state index in [2.05, 4.69) is 10.4 Å². The Balaban J connectivity index is 1.76. The Hall–Kier alpha value is -3.53. The third-order valence-electron chi connectivity index (χ3n) is 4.56. The molecule has 0 saturated carbocycles. The highest BCUT2D eigenvalue weighted by Crippen LogP contribution is 2.32. The minimum Gasteiger partial charge on any atom is -0.497 e. The molecule has 1 aliphatic heterocycles. The summed E-state index contributed by atoms with van der Waals surface area (Å²) in [6, 6.07) is 12.8. The molecule has 1 aromatic heterocycles. The van der Waals surface area contributed by atoms with E-state index in [9.17, 15) is 19.1 Å². The number of nitro benzene ring substituents is 1. The number of para-hydroxylation sites is 1. The summed E-state index contributed by atoms with van der Waals surface area (Å²) in [4.78, 5) is 23.5. The van der Waals surface area contributed by atoms with Crippen molar-refractivity contribution in [3.63, 3.8) is 0 Å². The molecule has 1 N–H and O–H groups in total. The van der Waals surface area contributed by atoms with E-state index >= 15 is 0 Å². The van der Waals surface area contributed by atoms with Crippen molar-refractivity contribution in [3.05, 3.63) is 75.5 Å². The molecule has 0 saturated heterocycles. The van der Waals surface area contributed by atoms with Gasteiger partial charge in [0.2, 0.25) is 0 Å². The Morgan fingerprint density at radius 3 is 2.62 bits per heavy atom. The van der Waals surface area contributed by atoms with Crippen molar-refractivity contribution in [2.45, 2.75) is 11.5 Å². The number of nitrogens with one attached hydrogen (secondary N) is 1.